The first-order valence-electron chi connectivity index (χ1n) is 5.11. The Morgan fingerprint density at radius 2 is 2.14 bits per heavy atom. The number of tetrazole rings is 1. The molecule has 0 amide bonds. The number of hydrogen-bond acceptors (Lipinski definition) is 3. The fraction of sp³-hybridized carbons (Fsp3) is 0.700. The third-order valence-corrected chi connectivity index (χ3v) is 2.77. The van der Waals surface area contributed by atoms with Gasteiger partial charge >= 0.3 is 0 Å². The zero-order valence-corrected chi connectivity index (χ0v) is 8.19. The van der Waals surface area contributed by atoms with E-state index in [4.69, 9.17) is 6.42 Å². The summed E-state index contributed by atoms with van der Waals surface area (Å²) in [6, 6.07) is 0. The molecule has 1 saturated carbocycles. The first-order valence-corrected chi connectivity index (χ1v) is 5.11. The van der Waals surface area contributed by atoms with Crippen molar-refractivity contribution in [1.29, 1.82) is 0 Å². The summed E-state index contributed by atoms with van der Waals surface area (Å²) in [5.74, 6) is 4.07. The van der Waals surface area contributed by atoms with E-state index in [-0.39, 0.29) is 0 Å². The lowest BCUT2D eigenvalue weighted by Crippen LogP contribution is -2.12. The van der Waals surface area contributed by atoms with Crippen LogP contribution in [-0.4, -0.2) is 20.2 Å². The number of terminal acetylenes is 1. The second-order valence-corrected chi connectivity index (χ2v) is 3.73. The van der Waals surface area contributed by atoms with Gasteiger partial charge in [-0.15, -0.1) is 11.5 Å². The number of rotatable bonds is 2. The van der Waals surface area contributed by atoms with E-state index in [0.717, 1.165) is 5.82 Å². The molecule has 0 spiro atoms. The zero-order chi connectivity index (χ0) is 9.80. The molecule has 1 heterocycles. The molecule has 4 heteroatoms. The van der Waals surface area contributed by atoms with E-state index in [2.05, 4.69) is 21.4 Å². The number of nitrogens with zero attached hydrogens (tertiary/aromatic N) is 4. The molecule has 1 fully saturated rings. The quantitative estimate of drug-likeness (QED) is 0.661. The molecule has 1 aliphatic carbocycles. The second kappa shape index (κ2) is 4.23. The minimum Gasteiger partial charge on any atom is -0.217 e. The Morgan fingerprint density at radius 1 is 1.36 bits per heavy atom. The van der Waals surface area contributed by atoms with Gasteiger partial charge in [0.05, 0.1) is 0 Å². The highest BCUT2D eigenvalue weighted by molar-refractivity contribution is 4.98. The van der Waals surface area contributed by atoms with E-state index >= 15 is 0 Å². The average molecular weight is 190 g/mol. The van der Waals surface area contributed by atoms with E-state index in [1.54, 1.807) is 4.68 Å². The topological polar surface area (TPSA) is 43.6 Å². The summed E-state index contributed by atoms with van der Waals surface area (Å²) in [7, 11) is 0. The van der Waals surface area contributed by atoms with Gasteiger partial charge in [0, 0.05) is 5.92 Å². The van der Waals surface area contributed by atoms with Gasteiger partial charge in [0.2, 0.25) is 0 Å². The van der Waals surface area contributed by atoms with Crippen molar-refractivity contribution in [2.24, 2.45) is 0 Å². The summed E-state index contributed by atoms with van der Waals surface area (Å²) >= 11 is 0. The summed E-state index contributed by atoms with van der Waals surface area (Å²) in [5, 5.41) is 11.6. The molecular weight excluding hydrogens is 176 g/mol. The largest absolute Gasteiger partial charge is 0.217 e. The first kappa shape index (κ1) is 9.20. The zero-order valence-electron chi connectivity index (χ0n) is 8.19. The van der Waals surface area contributed by atoms with Crippen molar-refractivity contribution in [1.82, 2.24) is 20.2 Å². The van der Waals surface area contributed by atoms with Crippen molar-refractivity contribution in [3.63, 3.8) is 0 Å². The minimum absolute atomic E-state index is 0.485. The third kappa shape index (κ3) is 1.77. The molecule has 0 unspecified atom stereocenters. The van der Waals surface area contributed by atoms with E-state index in [9.17, 15) is 0 Å². The molecule has 0 aliphatic heterocycles. The smallest absolute Gasteiger partial charge is 0.155 e. The summed E-state index contributed by atoms with van der Waals surface area (Å²) < 4.78 is 1.75. The Labute approximate surface area is 83.7 Å². The van der Waals surface area contributed by atoms with Gasteiger partial charge in [0.1, 0.15) is 6.54 Å². The Kier molecular flexibility index (Phi) is 2.78. The van der Waals surface area contributed by atoms with E-state index in [1.807, 2.05) is 0 Å². The Morgan fingerprint density at radius 3 is 2.86 bits per heavy atom. The molecule has 14 heavy (non-hydrogen) atoms. The van der Waals surface area contributed by atoms with Gasteiger partial charge in [-0.3, -0.25) is 0 Å². The van der Waals surface area contributed by atoms with Crippen LogP contribution in [0.25, 0.3) is 0 Å². The highest BCUT2D eigenvalue weighted by Crippen LogP contribution is 2.30. The van der Waals surface area contributed by atoms with Gasteiger partial charge in [0.25, 0.3) is 0 Å². The maximum Gasteiger partial charge on any atom is 0.155 e. The van der Waals surface area contributed by atoms with Crippen LogP contribution in [0, 0.1) is 12.3 Å². The minimum atomic E-state index is 0.485. The standard InChI is InChI=1S/C10H14N4/c1-2-8-14-10(11-12-13-14)9-6-4-3-5-7-9/h1,9H,3-8H2. The van der Waals surface area contributed by atoms with Crippen LogP contribution in [0.3, 0.4) is 0 Å². The van der Waals surface area contributed by atoms with Gasteiger partial charge in [0.15, 0.2) is 5.82 Å². The van der Waals surface area contributed by atoms with Crippen molar-refractivity contribution in [3.8, 4) is 12.3 Å². The SMILES string of the molecule is C#CCn1nnnc1C1CCCCC1. The summed E-state index contributed by atoms with van der Waals surface area (Å²) in [6.45, 7) is 0.485. The summed E-state index contributed by atoms with van der Waals surface area (Å²) in [5.41, 5.74) is 0. The highest BCUT2D eigenvalue weighted by atomic mass is 15.5. The van der Waals surface area contributed by atoms with Gasteiger partial charge < -0.3 is 0 Å². The van der Waals surface area contributed by atoms with Crippen LogP contribution in [-0.2, 0) is 6.54 Å². The van der Waals surface area contributed by atoms with E-state index < -0.39 is 0 Å². The van der Waals surface area contributed by atoms with Crippen LogP contribution < -0.4 is 0 Å². The average Bonchev–Trinajstić information content (AvgIpc) is 2.68. The van der Waals surface area contributed by atoms with Crippen molar-refractivity contribution < 1.29 is 0 Å². The van der Waals surface area contributed by atoms with E-state index in [1.165, 1.54) is 32.1 Å². The Hall–Kier alpha value is -1.37. The molecule has 1 aliphatic rings. The molecule has 1 aromatic heterocycles. The van der Waals surface area contributed by atoms with Crippen LogP contribution in [0.2, 0.25) is 0 Å². The normalized spacial score (nSPS) is 17.9. The lowest BCUT2D eigenvalue weighted by Gasteiger charge is -2.19. The maximum atomic E-state index is 5.25. The van der Waals surface area contributed by atoms with Gasteiger partial charge in [-0.25, -0.2) is 4.68 Å². The molecule has 0 aromatic carbocycles. The summed E-state index contributed by atoms with van der Waals surface area (Å²) in [4.78, 5) is 0. The van der Waals surface area contributed by atoms with Crippen LogP contribution in [0.5, 0.6) is 0 Å². The monoisotopic (exact) mass is 190 g/mol. The molecule has 4 nitrogen and oxygen atoms in total. The Balaban J connectivity index is 2.13. The third-order valence-electron chi connectivity index (χ3n) is 2.77. The second-order valence-electron chi connectivity index (χ2n) is 3.73. The molecule has 0 saturated heterocycles. The van der Waals surface area contributed by atoms with Crippen LogP contribution in [0.1, 0.15) is 43.8 Å². The number of aromatic nitrogens is 4. The molecule has 1 aromatic rings. The highest BCUT2D eigenvalue weighted by Gasteiger charge is 2.20. The van der Waals surface area contributed by atoms with Gasteiger partial charge in [-0.05, 0) is 23.3 Å². The molecule has 0 N–H and O–H groups in total. The van der Waals surface area contributed by atoms with Crippen molar-refractivity contribution in [3.05, 3.63) is 5.82 Å². The molecule has 2 rings (SSSR count). The van der Waals surface area contributed by atoms with Crippen LogP contribution in [0.15, 0.2) is 0 Å². The van der Waals surface area contributed by atoms with Crippen LogP contribution in [0.4, 0.5) is 0 Å². The lowest BCUT2D eigenvalue weighted by molar-refractivity contribution is 0.414. The predicted octanol–water partition coefficient (Wildman–Crippen LogP) is 1.35. The fourth-order valence-electron chi connectivity index (χ4n) is 2.06. The summed E-state index contributed by atoms with van der Waals surface area (Å²) in [6.07, 6.45) is 11.6. The fourth-order valence-corrected chi connectivity index (χ4v) is 2.06. The lowest BCUT2D eigenvalue weighted by atomic mass is 9.89. The number of hydrogen-bond donors (Lipinski definition) is 0. The van der Waals surface area contributed by atoms with Gasteiger partial charge in [-0.1, -0.05) is 25.2 Å². The first-order chi connectivity index (χ1) is 6.92. The molecule has 0 atom stereocenters. The predicted molar refractivity (Wildman–Crippen MR) is 52.5 cm³/mol. The van der Waals surface area contributed by atoms with Crippen molar-refractivity contribution in [2.45, 2.75) is 44.6 Å². The van der Waals surface area contributed by atoms with Crippen molar-refractivity contribution in [2.75, 3.05) is 0 Å². The Bertz CT molecular complexity index is 330. The molecule has 0 radical (unpaired) electrons. The van der Waals surface area contributed by atoms with Gasteiger partial charge in [-0.2, -0.15) is 0 Å². The maximum absolute atomic E-state index is 5.25. The molecule has 0 bridgehead atoms. The molecule has 74 valence electrons. The van der Waals surface area contributed by atoms with Crippen LogP contribution >= 0.6 is 0 Å². The van der Waals surface area contributed by atoms with Crippen molar-refractivity contribution >= 4 is 0 Å². The van der Waals surface area contributed by atoms with E-state index in [0.29, 0.717) is 12.5 Å². The molecular formula is C10H14N4.